The summed E-state index contributed by atoms with van der Waals surface area (Å²) in [6.07, 6.45) is 12.2. The highest BCUT2D eigenvalue weighted by molar-refractivity contribution is 5.97. The van der Waals surface area contributed by atoms with Crippen molar-refractivity contribution < 1.29 is 4.79 Å². The summed E-state index contributed by atoms with van der Waals surface area (Å²) in [5, 5.41) is 7.41. The quantitative estimate of drug-likeness (QED) is 0.740. The number of H-pyrrole nitrogens is 1. The number of allylic oxidation sites excluding steroid dienone is 1. The molecule has 6 heteroatoms. The molecule has 1 fully saturated rings. The van der Waals surface area contributed by atoms with E-state index in [1.807, 2.05) is 30.6 Å². The monoisotopic (exact) mass is 343 g/mol. The van der Waals surface area contributed by atoms with Gasteiger partial charge in [0.25, 0.3) is 5.91 Å². The molecule has 1 N–H and O–H groups in total. The summed E-state index contributed by atoms with van der Waals surface area (Å²) in [4.78, 5) is 22.8. The van der Waals surface area contributed by atoms with Crippen LogP contribution in [0.2, 0.25) is 0 Å². The number of nitrogens with one attached hydrogen (secondary N) is 1. The first kappa shape index (κ1) is 15.0. The van der Waals surface area contributed by atoms with Gasteiger partial charge in [-0.2, -0.15) is 5.10 Å². The van der Waals surface area contributed by atoms with Crippen molar-refractivity contribution >= 4 is 12.0 Å². The lowest BCUT2D eigenvalue weighted by Gasteiger charge is -2.33. The van der Waals surface area contributed by atoms with Crippen molar-refractivity contribution in [2.45, 2.75) is 11.8 Å². The van der Waals surface area contributed by atoms with Crippen LogP contribution in [0.1, 0.15) is 32.9 Å². The number of carbonyl (C=O) groups is 1. The third kappa shape index (κ3) is 2.26. The van der Waals surface area contributed by atoms with E-state index in [4.69, 9.17) is 0 Å². The Balaban J connectivity index is 1.63. The van der Waals surface area contributed by atoms with Crippen LogP contribution in [0, 0.1) is 0 Å². The highest BCUT2D eigenvalue weighted by Gasteiger charge is 2.38. The SMILES string of the molecule is O=C(c1n[nH]c2c1C=CC(c1cccnc1)(c1cccnc1)C2)N1CC1. The maximum atomic E-state index is 12.4. The summed E-state index contributed by atoms with van der Waals surface area (Å²) < 4.78 is 0. The molecule has 0 spiro atoms. The summed E-state index contributed by atoms with van der Waals surface area (Å²) in [5.41, 5.74) is 4.16. The van der Waals surface area contributed by atoms with E-state index in [-0.39, 0.29) is 11.3 Å². The fraction of sp³-hybridized carbons (Fsp3) is 0.200. The van der Waals surface area contributed by atoms with Gasteiger partial charge in [-0.1, -0.05) is 24.3 Å². The molecule has 26 heavy (non-hydrogen) atoms. The maximum Gasteiger partial charge on any atom is 0.275 e. The van der Waals surface area contributed by atoms with Crippen LogP contribution in [-0.2, 0) is 11.8 Å². The molecule has 2 aliphatic rings. The Morgan fingerprint density at radius 1 is 1.08 bits per heavy atom. The minimum absolute atomic E-state index is 0.00223. The van der Waals surface area contributed by atoms with Crippen LogP contribution in [0.5, 0.6) is 0 Å². The highest BCUT2D eigenvalue weighted by atomic mass is 16.2. The highest BCUT2D eigenvalue weighted by Crippen LogP contribution is 2.41. The number of hydrogen-bond acceptors (Lipinski definition) is 4. The summed E-state index contributed by atoms with van der Waals surface area (Å²) in [7, 11) is 0. The van der Waals surface area contributed by atoms with Crippen molar-refractivity contribution in [3.63, 3.8) is 0 Å². The molecule has 1 aliphatic carbocycles. The first-order valence-electron chi connectivity index (χ1n) is 8.65. The fourth-order valence-electron chi connectivity index (χ4n) is 3.65. The first-order chi connectivity index (χ1) is 12.8. The summed E-state index contributed by atoms with van der Waals surface area (Å²) in [6.45, 7) is 1.64. The standard InChI is InChI=1S/C20H17N5O/c26-19(25-9-10-25)18-16-5-6-20(11-17(16)23-24-18,14-3-1-7-21-12-14)15-4-2-8-22-13-15/h1-8,12-13H,9-11H2,(H,23,24). The van der Waals surface area contributed by atoms with E-state index < -0.39 is 0 Å². The smallest absolute Gasteiger partial charge is 0.275 e. The second-order valence-corrected chi connectivity index (χ2v) is 6.72. The van der Waals surface area contributed by atoms with Crippen molar-refractivity contribution in [1.29, 1.82) is 0 Å². The Bertz CT molecular complexity index is 950. The minimum atomic E-state index is -0.387. The van der Waals surface area contributed by atoms with Crippen LogP contribution in [0.25, 0.3) is 6.08 Å². The molecular formula is C20H17N5O. The molecule has 128 valence electrons. The van der Waals surface area contributed by atoms with E-state index >= 15 is 0 Å². The topological polar surface area (TPSA) is 74.5 Å². The number of nitrogens with zero attached hydrogens (tertiary/aromatic N) is 4. The Morgan fingerprint density at radius 2 is 1.77 bits per heavy atom. The molecule has 0 aromatic carbocycles. The Hall–Kier alpha value is -3.28. The van der Waals surface area contributed by atoms with Crippen LogP contribution in [0.15, 0.2) is 55.1 Å². The van der Waals surface area contributed by atoms with Crippen LogP contribution in [0.4, 0.5) is 0 Å². The van der Waals surface area contributed by atoms with Gasteiger partial charge in [-0.15, -0.1) is 0 Å². The number of pyridine rings is 2. The van der Waals surface area contributed by atoms with Crippen molar-refractivity contribution in [2.75, 3.05) is 13.1 Å². The lowest BCUT2D eigenvalue weighted by molar-refractivity contribution is 0.0880. The van der Waals surface area contributed by atoms with Gasteiger partial charge in [0.05, 0.1) is 0 Å². The summed E-state index contributed by atoms with van der Waals surface area (Å²) in [5.74, 6) is 0.00223. The lowest BCUT2D eigenvalue weighted by Crippen LogP contribution is -2.31. The van der Waals surface area contributed by atoms with E-state index in [2.05, 4.69) is 38.4 Å². The number of hydrogen-bond donors (Lipinski definition) is 1. The van der Waals surface area contributed by atoms with Gasteiger partial charge in [0, 0.05) is 61.0 Å². The zero-order valence-electron chi connectivity index (χ0n) is 14.1. The third-order valence-corrected chi connectivity index (χ3v) is 5.16. The molecule has 3 aromatic heterocycles. The first-order valence-corrected chi connectivity index (χ1v) is 8.65. The second kappa shape index (κ2) is 5.62. The normalized spacial score (nSPS) is 17.0. The van der Waals surface area contributed by atoms with Gasteiger partial charge in [-0.25, -0.2) is 0 Å². The molecule has 0 radical (unpaired) electrons. The van der Waals surface area contributed by atoms with Gasteiger partial charge in [0.1, 0.15) is 0 Å². The lowest BCUT2D eigenvalue weighted by atomic mass is 9.69. The molecule has 4 heterocycles. The number of aromatic amines is 1. The predicted octanol–water partition coefficient (Wildman–Crippen LogP) is 2.21. The van der Waals surface area contributed by atoms with Crippen LogP contribution in [0.3, 0.4) is 0 Å². The van der Waals surface area contributed by atoms with Crippen LogP contribution >= 0.6 is 0 Å². The average Bonchev–Trinajstić information content (AvgIpc) is 3.48. The maximum absolute atomic E-state index is 12.4. The third-order valence-electron chi connectivity index (χ3n) is 5.16. The molecule has 0 unspecified atom stereocenters. The number of carbonyl (C=O) groups excluding carboxylic acids is 1. The Kier molecular flexibility index (Phi) is 3.25. The largest absolute Gasteiger partial charge is 0.334 e. The second-order valence-electron chi connectivity index (χ2n) is 6.72. The number of aromatic nitrogens is 4. The zero-order valence-corrected chi connectivity index (χ0v) is 14.1. The summed E-state index contributed by atoms with van der Waals surface area (Å²) >= 11 is 0. The van der Waals surface area contributed by atoms with Gasteiger partial charge in [0.15, 0.2) is 5.69 Å². The zero-order chi connectivity index (χ0) is 17.6. The van der Waals surface area contributed by atoms with Crippen molar-refractivity contribution in [3.8, 4) is 0 Å². The molecule has 1 aliphatic heterocycles. The average molecular weight is 343 g/mol. The molecule has 0 bridgehead atoms. The van der Waals surface area contributed by atoms with Crippen LogP contribution < -0.4 is 0 Å². The predicted molar refractivity (Wildman–Crippen MR) is 96.5 cm³/mol. The van der Waals surface area contributed by atoms with E-state index in [0.717, 1.165) is 35.5 Å². The summed E-state index contributed by atoms with van der Waals surface area (Å²) in [6, 6.07) is 8.04. The van der Waals surface area contributed by atoms with E-state index in [1.54, 1.807) is 17.3 Å². The molecular weight excluding hydrogens is 326 g/mol. The van der Waals surface area contributed by atoms with Crippen molar-refractivity contribution in [2.24, 2.45) is 0 Å². The Morgan fingerprint density at radius 3 is 2.35 bits per heavy atom. The van der Waals surface area contributed by atoms with E-state index in [0.29, 0.717) is 12.1 Å². The molecule has 0 atom stereocenters. The molecule has 5 rings (SSSR count). The van der Waals surface area contributed by atoms with Gasteiger partial charge in [-0.3, -0.25) is 19.9 Å². The van der Waals surface area contributed by atoms with Gasteiger partial charge in [0.2, 0.25) is 0 Å². The molecule has 0 saturated carbocycles. The van der Waals surface area contributed by atoms with Crippen molar-refractivity contribution in [3.05, 3.63) is 83.2 Å². The van der Waals surface area contributed by atoms with E-state index in [9.17, 15) is 4.79 Å². The fourth-order valence-corrected chi connectivity index (χ4v) is 3.65. The molecule has 1 saturated heterocycles. The number of amides is 1. The molecule has 6 nitrogen and oxygen atoms in total. The van der Waals surface area contributed by atoms with Crippen molar-refractivity contribution in [1.82, 2.24) is 25.1 Å². The Labute approximate surface area is 150 Å². The van der Waals surface area contributed by atoms with Gasteiger partial charge < -0.3 is 4.90 Å². The molecule has 1 amide bonds. The number of fused-ring (bicyclic) bond motifs is 1. The number of rotatable bonds is 3. The van der Waals surface area contributed by atoms with Crippen LogP contribution in [-0.4, -0.2) is 44.1 Å². The van der Waals surface area contributed by atoms with E-state index in [1.165, 1.54) is 0 Å². The van der Waals surface area contributed by atoms with Gasteiger partial charge in [-0.05, 0) is 23.3 Å². The minimum Gasteiger partial charge on any atom is -0.334 e. The molecule has 3 aromatic rings. The van der Waals surface area contributed by atoms with Gasteiger partial charge >= 0.3 is 0 Å².